The summed E-state index contributed by atoms with van der Waals surface area (Å²) < 4.78 is 45.4. The average Bonchev–Trinajstić information content (AvgIpc) is 3.59. The molecule has 0 saturated heterocycles. The molecule has 0 aliphatic carbocycles. The van der Waals surface area contributed by atoms with Crippen molar-refractivity contribution in [2.75, 3.05) is 90.3 Å². The lowest BCUT2D eigenvalue weighted by Gasteiger charge is -2.27. The second kappa shape index (κ2) is 18.6. The minimum absolute atomic E-state index is 0.0255. The van der Waals surface area contributed by atoms with E-state index in [4.69, 9.17) is 37.9 Å². The zero-order valence-corrected chi connectivity index (χ0v) is 32.9. The van der Waals surface area contributed by atoms with Gasteiger partial charge in [0.05, 0.1) is 57.2 Å². The molecule has 0 spiro atoms. The van der Waals surface area contributed by atoms with Crippen LogP contribution in [0.2, 0.25) is 0 Å². The van der Waals surface area contributed by atoms with Gasteiger partial charge in [0, 0.05) is 35.6 Å². The highest BCUT2D eigenvalue weighted by Gasteiger charge is 2.25. The largest absolute Gasteiger partial charge is 0.488 e. The first-order chi connectivity index (χ1) is 26.8. The molecule has 3 aromatic carbocycles. The van der Waals surface area contributed by atoms with Crippen LogP contribution in [-0.2, 0) is 38.1 Å². The van der Waals surface area contributed by atoms with Crippen LogP contribution in [0.25, 0.3) is 22.2 Å². The SMILES string of the molecule is COC(=O)CN1CCOCCN(CC(=O)OC)c2cc(OCC(=O)OC(C)(C)C)c(-c3cc4ccc(C(=O)OC)cc4[nH]3)cc2OCCOc2cc(C)ccc21. The number of ether oxygens (including phenoxy) is 8. The van der Waals surface area contributed by atoms with Crippen molar-refractivity contribution in [2.24, 2.45) is 0 Å². The molecule has 1 N–H and O–H groups in total. The lowest BCUT2D eigenvalue weighted by Crippen LogP contribution is -2.36. The van der Waals surface area contributed by atoms with Crippen LogP contribution in [0.4, 0.5) is 11.4 Å². The van der Waals surface area contributed by atoms with Crippen LogP contribution in [0.1, 0.15) is 36.7 Å². The van der Waals surface area contributed by atoms with Crippen LogP contribution in [0.3, 0.4) is 0 Å². The summed E-state index contributed by atoms with van der Waals surface area (Å²) in [4.78, 5) is 57.3. The Morgan fingerprint density at radius 1 is 0.732 bits per heavy atom. The number of aromatic nitrogens is 1. The van der Waals surface area contributed by atoms with Crippen molar-refractivity contribution in [2.45, 2.75) is 33.3 Å². The van der Waals surface area contributed by atoms with E-state index in [-0.39, 0.29) is 51.8 Å². The first kappa shape index (κ1) is 41.2. The number of aryl methyl sites for hydroxylation is 1. The number of hydrogen-bond acceptors (Lipinski definition) is 14. The predicted octanol–water partition coefficient (Wildman–Crippen LogP) is 5.10. The number of nitrogens with zero attached hydrogens (tertiary/aromatic N) is 2. The summed E-state index contributed by atoms with van der Waals surface area (Å²) >= 11 is 0. The number of hydrogen-bond donors (Lipinski definition) is 1. The topological polar surface area (TPSA) is 164 Å². The molecule has 1 aliphatic rings. The van der Waals surface area contributed by atoms with E-state index in [2.05, 4.69) is 4.98 Å². The molecule has 0 saturated carbocycles. The Morgan fingerprint density at radius 3 is 2.00 bits per heavy atom. The van der Waals surface area contributed by atoms with E-state index < -0.39 is 36.1 Å². The third-order valence-corrected chi connectivity index (χ3v) is 8.66. The maximum Gasteiger partial charge on any atom is 0.344 e. The molecule has 1 aliphatic heterocycles. The highest BCUT2D eigenvalue weighted by Crippen LogP contribution is 2.42. The normalized spacial score (nSPS) is 13.8. The second-order valence-corrected chi connectivity index (χ2v) is 13.9. The predicted molar refractivity (Wildman–Crippen MR) is 208 cm³/mol. The molecular weight excluding hydrogens is 726 g/mol. The van der Waals surface area contributed by atoms with E-state index in [1.807, 2.05) is 36.1 Å². The van der Waals surface area contributed by atoms with E-state index in [9.17, 15) is 19.2 Å². The highest BCUT2D eigenvalue weighted by atomic mass is 16.6. The summed E-state index contributed by atoms with van der Waals surface area (Å²) in [6.45, 7) is 7.81. The van der Waals surface area contributed by atoms with Crippen molar-refractivity contribution in [1.29, 1.82) is 0 Å². The number of H-pyrrole nitrogens is 1. The van der Waals surface area contributed by atoms with Gasteiger partial charge in [-0.1, -0.05) is 12.1 Å². The van der Waals surface area contributed by atoms with Gasteiger partial charge in [0.15, 0.2) is 6.61 Å². The van der Waals surface area contributed by atoms with Gasteiger partial charge in [-0.15, -0.1) is 0 Å². The van der Waals surface area contributed by atoms with Crippen molar-refractivity contribution in [3.63, 3.8) is 0 Å². The van der Waals surface area contributed by atoms with E-state index in [1.54, 1.807) is 56.0 Å². The molecule has 0 fully saturated rings. The van der Waals surface area contributed by atoms with Crippen LogP contribution < -0.4 is 24.0 Å². The minimum atomic E-state index is -0.739. The summed E-state index contributed by atoms with van der Waals surface area (Å²) in [6.07, 6.45) is 0. The number of methoxy groups -OCH3 is 3. The third-order valence-electron chi connectivity index (χ3n) is 8.66. The molecule has 0 atom stereocenters. The van der Waals surface area contributed by atoms with Gasteiger partial charge in [-0.25, -0.2) is 9.59 Å². The van der Waals surface area contributed by atoms with Crippen molar-refractivity contribution in [3.8, 4) is 28.5 Å². The molecule has 0 unspecified atom stereocenters. The number of nitrogens with one attached hydrogen (secondary N) is 1. The first-order valence-corrected chi connectivity index (χ1v) is 18.1. The zero-order valence-electron chi connectivity index (χ0n) is 32.9. The maximum atomic E-state index is 12.9. The van der Waals surface area contributed by atoms with Crippen molar-refractivity contribution >= 4 is 46.2 Å². The van der Waals surface area contributed by atoms with Gasteiger partial charge in [-0.3, -0.25) is 9.59 Å². The molecule has 15 nitrogen and oxygen atoms in total. The summed E-state index contributed by atoms with van der Waals surface area (Å²) in [5, 5.41) is 0.802. The van der Waals surface area contributed by atoms with Gasteiger partial charge < -0.3 is 52.7 Å². The third kappa shape index (κ3) is 10.8. The van der Waals surface area contributed by atoms with E-state index >= 15 is 0 Å². The standard InChI is InChI=1S/C41H49N3O12/c1-26-8-11-32-35(18-26)53-16-17-54-36-21-29(31-19-27-9-10-28(40(48)51-7)20-30(27)42-31)34(55-25-39(47)56-41(2,3)4)22-33(36)44(24-38(46)50-6)13-15-52-14-12-43(32)23-37(45)49-5/h8-11,18-22,42H,12-17,23-25H2,1-7H3. The van der Waals surface area contributed by atoms with Gasteiger partial charge in [0.25, 0.3) is 0 Å². The Balaban J connectivity index is 1.59. The van der Waals surface area contributed by atoms with Crippen molar-refractivity contribution in [1.82, 2.24) is 4.98 Å². The number of rotatable bonds is 9. The number of carbonyl (C=O) groups excluding carboxylic acids is 4. The molecule has 56 heavy (non-hydrogen) atoms. The Morgan fingerprint density at radius 2 is 1.38 bits per heavy atom. The minimum Gasteiger partial charge on any atom is -0.488 e. The van der Waals surface area contributed by atoms with Gasteiger partial charge in [-0.2, -0.15) is 0 Å². The number of fused-ring (bicyclic) bond motifs is 3. The van der Waals surface area contributed by atoms with E-state index in [0.29, 0.717) is 51.8 Å². The molecule has 0 bridgehead atoms. The van der Waals surface area contributed by atoms with E-state index in [1.165, 1.54) is 21.3 Å². The Hall–Kier alpha value is -5.96. The zero-order chi connectivity index (χ0) is 40.4. The highest BCUT2D eigenvalue weighted by molar-refractivity contribution is 5.96. The summed E-state index contributed by atoms with van der Waals surface area (Å²) in [5.41, 5.74) is 3.52. The second-order valence-electron chi connectivity index (χ2n) is 13.9. The van der Waals surface area contributed by atoms with Gasteiger partial charge in [-0.05, 0) is 69.7 Å². The Bertz CT molecular complexity index is 2040. The van der Waals surface area contributed by atoms with Crippen LogP contribution in [-0.4, -0.2) is 115 Å². The fourth-order valence-corrected chi connectivity index (χ4v) is 6.03. The smallest absolute Gasteiger partial charge is 0.344 e. The number of benzene rings is 3. The summed E-state index contributed by atoms with van der Waals surface area (Å²) in [5.74, 6) is -0.782. The van der Waals surface area contributed by atoms with Gasteiger partial charge in [0.1, 0.15) is 49.2 Å². The van der Waals surface area contributed by atoms with Crippen LogP contribution >= 0.6 is 0 Å². The van der Waals surface area contributed by atoms with Crippen LogP contribution in [0, 0.1) is 6.92 Å². The number of aromatic amines is 1. The number of esters is 4. The molecular formula is C41H49N3O12. The van der Waals surface area contributed by atoms with Crippen LogP contribution in [0.5, 0.6) is 17.2 Å². The van der Waals surface area contributed by atoms with Gasteiger partial charge in [0.2, 0.25) is 0 Å². The quantitative estimate of drug-likeness (QED) is 0.176. The summed E-state index contributed by atoms with van der Waals surface area (Å²) in [7, 11) is 3.96. The fourth-order valence-electron chi connectivity index (χ4n) is 6.03. The lowest BCUT2D eigenvalue weighted by atomic mass is 10.1. The molecule has 300 valence electrons. The molecule has 1 aromatic heterocycles. The number of carbonyl (C=O) groups is 4. The maximum absolute atomic E-state index is 12.9. The monoisotopic (exact) mass is 775 g/mol. The number of anilines is 2. The van der Waals surface area contributed by atoms with Crippen molar-refractivity contribution in [3.05, 3.63) is 65.7 Å². The fraction of sp³-hybridized carbons (Fsp3) is 0.415. The Labute approximate surface area is 325 Å². The molecule has 5 rings (SSSR count). The molecule has 0 radical (unpaired) electrons. The van der Waals surface area contributed by atoms with Gasteiger partial charge >= 0.3 is 23.9 Å². The van der Waals surface area contributed by atoms with Crippen molar-refractivity contribution < 1.29 is 57.1 Å². The van der Waals surface area contributed by atoms with E-state index in [0.717, 1.165) is 10.9 Å². The molecule has 15 heteroatoms. The summed E-state index contributed by atoms with van der Waals surface area (Å²) in [6, 6.07) is 16.2. The average molecular weight is 776 g/mol. The van der Waals surface area contributed by atoms with Crippen LogP contribution in [0.15, 0.2) is 54.6 Å². The first-order valence-electron chi connectivity index (χ1n) is 18.1. The lowest BCUT2D eigenvalue weighted by molar-refractivity contribution is -0.157. The molecule has 0 amide bonds. The molecule has 4 aromatic rings. The Kier molecular flexibility index (Phi) is 13.7. The molecule has 2 heterocycles.